The Bertz CT molecular complexity index is 315. The number of rotatable bonds is 6. The van der Waals surface area contributed by atoms with Crippen LogP contribution in [-0.4, -0.2) is 15.8 Å². The summed E-state index contributed by atoms with van der Waals surface area (Å²) in [5.41, 5.74) is 2.34. The highest BCUT2D eigenvalue weighted by atomic mass is 15.3. The van der Waals surface area contributed by atoms with E-state index in [9.17, 15) is 0 Å². The molecule has 0 amide bonds. The standard InChI is InChI=1S/C12H21N3/c1-5-7-10(3)13-9-12-8-11(4)14-15(12)6-2/h5,8,10,13H,1,6-7,9H2,2-4H3. The first-order chi connectivity index (χ1) is 7.17. The molecule has 0 aliphatic carbocycles. The van der Waals surface area contributed by atoms with Crippen molar-refractivity contribution in [2.45, 2.75) is 46.3 Å². The van der Waals surface area contributed by atoms with Crippen LogP contribution in [0.5, 0.6) is 0 Å². The van der Waals surface area contributed by atoms with Gasteiger partial charge in [-0.25, -0.2) is 0 Å². The largest absolute Gasteiger partial charge is 0.308 e. The average molecular weight is 207 g/mol. The van der Waals surface area contributed by atoms with E-state index in [2.05, 4.69) is 36.9 Å². The summed E-state index contributed by atoms with van der Waals surface area (Å²) < 4.78 is 2.04. The van der Waals surface area contributed by atoms with E-state index in [1.54, 1.807) is 0 Å². The fourth-order valence-corrected chi connectivity index (χ4v) is 1.63. The van der Waals surface area contributed by atoms with Gasteiger partial charge in [-0.05, 0) is 33.3 Å². The maximum atomic E-state index is 4.41. The SMILES string of the molecule is C=CCC(C)NCc1cc(C)nn1CC. The molecule has 1 N–H and O–H groups in total. The van der Waals surface area contributed by atoms with Gasteiger partial charge in [-0.1, -0.05) is 6.08 Å². The molecule has 0 aliphatic rings. The van der Waals surface area contributed by atoms with Gasteiger partial charge in [0.2, 0.25) is 0 Å². The lowest BCUT2D eigenvalue weighted by atomic mass is 10.2. The van der Waals surface area contributed by atoms with Gasteiger partial charge in [0.15, 0.2) is 0 Å². The molecule has 0 saturated carbocycles. The lowest BCUT2D eigenvalue weighted by molar-refractivity contribution is 0.519. The summed E-state index contributed by atoms with van der Waals surface area (Å²) in [6.07, 6.45) is 2.94. The van der Waals surface area contributed by atoms with Gasteiger partial charge in [0, 0.05) is 19.1 Å². The Kier molecular flexibility index (Phi) is 4.56. The van der Waals surface area contributed by atoms with Crippen LogP contribution in [-0.2, 0) is 13.1 Å². The van der Waals surface area contributed by atoms with Crippen molar-refractivity contribution < 1.29 is 0 Å². The molecule has 3 heteroatoms. The number of nitrogens with one attached hydrogen (secondary N) is 1. The molecule has 0 spiro atoms. The van der Waals surface area contributed by atoms with Crippen molar-refractivity contribution in [1.82, 2.24) is 15.1 Å². The van der Waals surface area contributed by atoms with E-state index in [1.807, 2.05) is 17.7 Å². The smallest absolute Gasteiger partial charge is 0.0597 e. The molecule has 1 unspecified atom stereocenters. The fourth-order valence-electron chi connectivity index (χ4n) is 1.63. The maximum absolute atomic E-state index is 4.41. The van der Waals surface area contributed by atoms with Crippen LogP contribution in [0.15, 0.2) is 18.7 Å². The zero-order valence-corrected chi connectivity index (χ0v) is 9.95. The zero-order valence-electron chi connectivity index (χ0n) is 9.95. The van der Waals surface area contributed by atoms with E-state index in [-0.39, 0.29) is 0 Å². The first-order valence-electron chi connectivity index (χ1n) is 5.55. The van der Waals surface area contributed by atoms with Gasteiger partial charge < -0.3 is 5.32 Å². The Labute approximate surface area is 92.2 Å². The van der Waals surface area contributed by atoms with Gasteiger partial charge in [0.1, 0.15) is 0 Å². The van der Waals surface area contributed by atoms with Crippen LogP contribution >= 0.6 is 0 Å². The van der Waals surface area contributed by atoms with E-state index >= 15 is 0 Å². The summed E-state index contributed by atoms with van der Waals surface area (Å²) in [7, 11) is 0. The highest BCUT2D eigenvalue weighted by molar-refractivity contribution is 5.08. The summed E-state index contributed by atoms with van der Waals surface area (Å²) in [5.74, 6) is 0. The minimum Gasteiger partial charge on any atom is -0.308 e. The van der Waals surface area contributed by atoms with Crippen molar-refractivity contribution in [3.05, 3.63) is 30.1 Å². The van der Waals surface area contributed by atoms with E-state index in [0.29, 0.717) is 6.04 Å². The minimum atomic E-state index is 0.475. The van der Waals surface area contributed by atoms with Crippen LogP contribution in [0.4, 0.5) is 0 Å². The topological polar surface area (TPSA) is 29.9 Å². The van der Waals surface area contributed by atoms with Crippen molar-refractivity contribution in [3.63, 3.8) is 0 Å². The summed E-state index contributed by atoms with van der Waals surface area (Å²) in [5, 5.41) is 7.87. The summed E-state index contributed by atoms with van der Waals surface area (Å²) in [6.45, 7) is 11.9. The summed E-state index contributed by atoms with van der Waals surface area (Å²) in [4.78, 5) is 0. The lowest BCUT2D eigenvalue weighted by Gasteiger charge is -2.12. The predicted octanol–water partition coefficient (Wildman–Crippen LogP) is 2.27. The van der Waals surface area contributed by atoms with Gasteiger partial charge in [-0.3, -0.25) is 4.68 Å². The monoisotopic (exact) mass is 207 g/mol. The van der Waals surface area contributed by atoms with Crippen LogP contribution in [0.25, 0.3) is 0 Å². The molecule has 15 heavy (non-hydrogen) atoms. The molecule has 0 saturated heterocycles. The number of hydrogen-bond acceptors (Lipinski definition) is 2. The Morgan fingerprint density at radius 1 is 1.67 bits per heavy atom. The lowest BCUT2D eigenvalue weighted by Crippen LogP contribution is -2.26. The molecule has 0 aliphatic heterocycles. The molecule has 1 aromatic rings. The quantitative estimate of drug-likeness (QED) is 0.725. The number of nitrogens with zero attached hydrogens (tertiary/aromatic N) is 2. The van der Waals surface area contributed by atoms with Gasteiger partial charge in [-0.2, -0.15) is 5.10 Å². The Morgan fingerprint density at radius 2 is 2.40 bits per heavy atom. The Morgan fingerprint density at radius 3 is 3.00 bits per heavy atom. The third-order valence-corrected chi connectivity index (χ3v) is 2.44. The molecule has 1 aromatic heterocycles. The maximum Gasteiger partial charge on any atom is 0.0597 e. The van der Waals surface area contributed by atoms with Crippen LogP contribution in [0.2, 0.25) is 0 Å². The second-order valence-electron chi connectivity index (χ2n) is 3.90. The van der Waals surface area contributed by atoms with E-state index in [4.69, 9.17) is 0 Å². The molecule has 0 bridgehead atoms. The molecular formula is C12H21N3. The number of aromatic nitrogens is 2. The zero-order chi connectivity index (χ0) is 11.3. The molecule has 0 fully saturated rings. The molecule has 1 atom stereocenters. The van der Waals surface area contributed by atoms with Crippen LogP contribution in [0, 0.1) is 6.92 Å². The molecular weight excluding hydrogens is 186 g/mol. The highest BCUT2D eigenvalue weighted by Crippen LogP contribution is 2.04. The van der Waals surface area contributed by atoms with Crippen molar-refractivity contribution in [2.24, 2.45) is 0 Å². The average Bonchev–Trinajstić information content (AvgIpc) is 2.56. The van der Waals surface area contributed by atoms with Crippen LogP contribution in [0.1, 0.15) is 31.7 Å². The van der Waals surface area contributed by atoms with Gasteiger partial charge in [0.05, 0.1) is 11.4 Å². The van der Waals surface area contributed by atoms with Crippen molar-refractivity contribution >= 4 is 0 Å². The van der Waals surface area contributed by atoms with Crippen LogP contribution < -0.4 is 5.32 Å². The van der Waals surface area contributed by atoms with Crippen LogP contribution in [0.3, 0.4) is 0 Å². The first-order valence-corrected chi connectivity index (χ1v) is 5.55. The second-order valence-corrected chi connectivity index (χ2v) is 3.90. The van der Waals surface area contributed by atoms with Crippen molar-refractivity contribution in [3.8, 4) is 0 Å². The number of hydrogen-bond donors (Lipinski definition) is 1. The first kappa shape index (κ1) is 12.0. The van der Waals surface area contributed by atoms with E-state index in [0.717, 1.165) is 25.2 Å². The highest BCUT2D eigenvalue weighted by Gasteiger charge is 2.05. The second kappa shape index (κ2) is 5.71. The summed E-state index contributed by atoms with van der Waals surface area (Å²) in [6, 6.07) is 2.61. The van der Waals surface area contributed by atoms with Gasteiger partial charge >= 0.3 is 0 Å². The molecule has 0 radical (unpaired) electrons. The fraction of sp³-hybridized carbons (Fsp3) is 0.583. The van der Waals surface area contributed by atoms with Gasteiger partial charge in [0.25, 0.3) is 0 Å². The minimum absolute atomic E-state index is 0.475. The number of aryl methyl sites for hydroxylation is 2. The summed E-state index contributed by atoms with van der Waals surface area (Å²) >= 11 is 0. The molecule has 84 valence electrons. The third-order valence-electron chi connectivity index (χ3n) is 2.44. The molecule has 1 rings (SSSR count). The predicted molar refractivity (Wildman–Crippen MR) is 63.8 cm³/mol. The van der Waals surface area contributed by atoms with Crippen molar-refractivity contribution in [1.29, 1.82) is 0 Å². The van der Waals surface area contributed by atoms with E-state index < -0.39 is 0 Å². The molecule has 1 heterocycles. The molecule has 0 aromatic carbocycles. The Hall–Kier alpha value is -1.09. The molecule has 3 nitrogen and oxygen atoms in total. The van der Waals surface area contributed by atoms with E-state index in [1.165, 1.54) is 5.69 Å². The normalized spacial score (nSPS) is 12.7. The third kappa shape index (κ3) is 3.51. The van der Waals surface area contributed by atoms with Crippen molar-refractivity contribution in [2.75, 3.05) is 0 Å². The van der Waals surface area contributed by atoms with Gasteiger partial charge in [-0.15, -0.1) is 6.58 Å². The Balaban J connectivity index is 2.52.